The van der Waals surface area contributed by atoms with Crippen LogP contribution in [0.1, 0.15) is 25.1 Å². The zero-order valence-electron chi connectivity index (χ0n) is 11.3. The minimum absolute atomic E-state index is 0.357. The van der Waals surface area contributed by atoms with Crippen molar-refractivity contribution in [1.82, 2.24) is 15.2 Å². The van der Waals surface area contributed by atoms with Gasteiger partial charge in [-0.2, -0.15) is 5.10 Å². The van der Waals surface area contributed by atoms with Crippen LogP contribution in [0, 0.1) is 0 Å². The normalized spacial score (nSPS) is 13.0. The fourth-order valence-corrected chi connectivity index (χ4v) is 1.89. The Hall–Kier alpha value is -1.15. The van der Waals surface area contributed by atoms with E-state index in [-0.39, 0.29) is 6.04 Å². The van der Waals surface area contributed by atoms with Gasteiger partial charge in [-0.05, 0) is 6.42 Å². The van der Waals surface area contributed by atoms with Crippen molar-refractivity contribution in [3.05, 3.63) is 11.9 Å². The molecule has 1 rings (SSSR count). The number of nitrogens with one attached hydrogen (secondary N) is 1. The molecule has 0 bridgehead atoms. The Morgan fingerprint density at radius 1 is 1.39 bits per heavy atom. The third-order valence-electron chi connectivity index (χ3n) is 2.71. The van der Waals surface area contributed by atoms with E-state index in [2.05, 4.69) is 17.4 Å². The molecule has 7 heteroatoms. The van der Waals surface area contributed by atoms with Crippen LogP contribution in [0.4, 0.5) is 0 Å². The second kappa shape index (κ2) is 7.32. The van der Waals surface area contributed by atoms with Crippen molar-refractivity contribution in [2.24, 2.45) is 5.84 Å². The van der Waals surface area contributed by atoms with Gasteiger partial charge in [0.1, 0.15) is 11.7 Å². The van der Waals surface area contributed by atoms with E-state index in [4.69, 9.17) is 20.1 Å². The predicted octanol–water partition coefficient (Wildman–Crippen LogP) is 0.425. The summed E-state index contributed by atoms with van der Waals surface area (Å²) in [6, 6.07) is -0.357. The average Bonchev–Trinajstić information content (AvgIpc) is 2.79. The minimum Gasteiger partial charge on any atom is -0.493 e. The molecule has 0 fully saturated rings. The molecule has 1 heterocycles. The Kier molecular flexibility index (Phi) is 6.06. The van der Waals surface area contributed by atoms with Crippen molar-refractivity contribution in [2.75, 3.05) is 21.3 Å². The van der Waals surface area contributed by atoms with Gasteiger partial charge in [-0.1, -0.05) is 6.92 Å². The fraction of sp³-hybridized carbons (Fsp3) is 0.727. The Labute approximate surface area is 107 Å². The van der Waals surface area contributed by atoms with Gasteiger partial charge in [-0.3, -0.25) is 10.5 Å². The van der Waals surface area contributed by atoms with Gasteiger partial charge in [0.05, 0.1) is 13.3 Å². The quantitative estimate of drug-likeness (QED) is 0.399. The Bertz CT molecular complexity index is 352. The summed E-state index contributed by atoms with van der Waals surface area (Å²) in [6.45, 7) is 2.85. The largest absolute Gasteiger partial charge is 0.493 e. The molecule has 1 aromatic rings. The first-order valence-electron chi connectivity index (χ1n) is 5.84. The lowest BCUT2D eigenvalue weighted by atomic mass is 10.2. The van der Waals surface area contributed by atoms with Crippen molar-refractivity contribution < 1.29 is 14.2 Å². The molecular formula is C11H22N4O3. The van der Waals surface area contributed by atoms with E-state index in [0.29, 0.717) is 5.75 Å². The number of aryl methyl sites for hydroxylation is 1. The molecule has 0 amide bonds. The van der Waals surface area contributed by atoms with E-state index in [1.54, 1.807) is 27.5 Å². The summed E-state index contributed by atoms with van der Waals surface area (Å²) >= 11 is 0. The Morgan fingerprint density at radius 3 is 2.50 bits per heavy atom. The summed E-state index contributed by atoms with van der Waals surface area (Å²) in [6.07, 6.45) is 2.11. The number of hydrogen-bond acceptors (Lipinski definition) is 6. The molecule has 1 atom stereocenters. The van der Waals surface area contributed by atoms with Crippen LogP contribution >= 0.6 is 0 Å². The molecule has 0 aromatic carbocycles. The summed E-state index contributed by atoms with van der Waals surface area (Å²) in [4.78, 5) is 0. The maximum absolute atomic E-state index is 5.60. The molecule has 0 aliphatic carbocycles. The zero-order chi connectivity index (χ0) is 13.5. The van der Waals surface area contributed by atoms with Crippen LogP contribution in [0.15, 0.2) is 6.20 Å². The van der Waals surface area contributed by atoms with Crippen molar-refractivity contribution in [3.63, 3.8) is 0 Å². The van der Waals surface area contributed by atoms with Gasteiger partial charge < -0.3 is 14.2 Å². The number of ether oxygens (including phenoxy) is 3. The highest BCUT2D eigenvalue weighted by atomic mass is 16.7. The summed E-state index contributed by atoms with van der Waals surface area (Å²) in [5.74, 6) is 6.26. The van der Waals surface area contributed by atoms with Gasteiger partial charge in [-0.15, -0.1) is 0 Å². The van der Waals surface area contributed by atoms with Gasteiger partial charge >= 0.3 is 0 Å². The van der Waals surface area contributed by atoms with Crippen LogP contribution < -0.4 is 16.0 Å². The first-order chi connectivity index (χ1) is 8.73. The van der Waals surface area contributed by atoms with Crippen LogP contribution in [0.5, 0.6) is 5.75 Å². The van der Waals surface area contributed by atoms with E-state index in [1.165, 1.54) is 0 Å². The summed E-state index contributed by atoms with van der Waals surface area (Å²) in [5, 5.41) is 4.28. The van der Waals surface area contributed by atoms with Gasteiger partial charge in [0, 0.05) is 20.8 Å². The van der Waals surface area contributed by atoms with E-state index in [9.17, 15) is 0 Å². The highest BCUT2D eigenvalue weighted by Crippen LogP contribution is 2.28. The van der Waals surface area contributed by atoms with Gasteiger partial charge in [0.15, 0.2) is 12.0 Å². The average molecular weight is 258 g/mol. The van der Waals surface area contributed by atoms with E-state index >= 15 is 0 Å². The number of nitrogens with zero attached hydrogens (tertiary/aromatic N) is 2. The maximum Gasteiger partial charge on any atom is 0.179 e. The summed E-state index contributed by atoms with van der Waals surface area (Å²) in [5.41, 5.74) is 3.50. The predicted molar refractivity (Wildman–Crippen MR) is 66.9 cm³/mol. The van der Waals surface area contributed by atoms with Gasteiger partial charge in [0.2, 0.25) is 0 Å². The zero-order valence-corrected chi connectivity index (χ0v) is 11.3. The Morgan fingerprint density at radius 2 is 2.06 bits per heavy atom. The van der Waals surface area contributed by atoms with E-state index < -0.39 is 6.29 Å². The van der Waals surface area contributed by atoms with Crippen molar-refractivity contribution in [1.29, 1.82) is 0 Å². The van der Waals surface area contributed by atoms with Crippen LogP contribution in [0.25, 0.3) is 0 Å². The lowest BCUT2D eigenvalue weighted by Gasteiger charge is -2.25. The molecule has 18 heavy (non-hydrogen) atoms. The lowest BCUT2D eigenvalue weighted by Crippen LogP contribution is -2.40. The highest BCUT2D eigenvalue weighted by molar-refractivity contribution is 5.28. The smallest absolute Gasteiger partial charge is 0.179 e. The van der Waals surface area contributed by atoms with Crippen LogP contribution in [-0.4, -0.2) is 37.4 Å². The van der Waals surface area contributed by atoms with Crippen molar-refractivity contribution in [2.45, 2.75) is 32.2 Å². The van der Waals surface area contributed by atoms with E-state index in [1.807, 2.05) is 4.68 Å². The topological polar surface area (TPSA) is 83.6 Å². The molecule has 0 aliphatic heterocycles. The molecule has 0 radical (unpaired) electrons. The van der Waals surface area contributed by atoms with Gasteiger partial charge in [0.25, 0.3) is 0 Å². The number of rotatable bonds is 8. The molecule has 1 unspecified atom stereocenters. The molecule has 3 N–H and O–H groups in total. The second-order valence-corrected chi connectivity index (χ2v) is 3.81. The molecule has 0 saturated heterocycles. The first kappa shape index (κ1) is 14.9. The molecule has 0 spiro atoms. The summed E-state index contributed by atoms with van der Waals surface area (Å²) in [7, 11) is 4.72. The third kappa shape index (κ3) is 2.99. The molecule has 1 aromatic heterocycles. The highest BCUT2D eigenvalue weighted by Gasteiger charge is 2.28. The SMILES string of the molecule is CCCn1ncc(OC)c1C(NN)C(OC)OC. The molecule has 7 nitrogen and oxygen atoms in total. The second-order valence-electron chi connectivity index (χ2n) is 3.81. The van der Waals surface area contributed by atoms with Crippen molar-refractivity contribution in [3.8, 4) is 5.75 Å². The number of hydrazine groups is 1. The molecular weight excluding hydrogens is 236 g/mol. The van der Waals surface area contributed by atoms with Crippen LogP contribution in [0.3, 0.4) is 0 Å². The van der Waals surface area contributed by atoms with Gasteiger partial charge in [-0.25, -0.2) is 5.43 Å². The van der Waals surface area contributed by atoms with E-state index in [0.717, 1.165) is 18.7 Å². The number of methoxy groups -OCH3 is 3. The molecule has 0 saturated carbocycles. The van der Waals surface area contributed by atoms with Crippen LogP contribution in [-0.2, 0) is 16.0 Å². The number of nitrogens with two attached hydrogens (primary N) is 1. The first-order valence-corrected chi connectivity index (χ1v) is 5.84. The third-order valence-corrected chi connectivity index (χ3v) is 2.71. The standard InChI is InChI=1S/C11H22N4O3/c1-5-6-15-10(8(16-2)7-13-15)9(14-12)11(17-3)18-4/h7,9,11,14H,5-6,12H2,1-4H3. The Balaban J connectivity index is 3.12. The maximum atomic E-state index is 5.60. The fourth-order valence-electron chi connectivity index (χ4n) is 1.89. The monoisotopic (exact) mass is 258 g/mol. The molecule has 0 aliphatic rings. The lowest BCUT2D eigenvalue weighted by molar-refractivity contribution is -0.125. The number of aromatic nitrogens is 2. The number of hydrogen-bond donors (Lipinski definition) is 2. The molecule has 104 valence electrons. The van der Waals surface area contributed by atoms with Crippen molar-refractivity contribution >= 4 is 0 Å². The summed E-state index contributed by atoms with van der Waals surface area (Å²) < 4.78 is 17.6. The minimum atomic E-state index is -0.517. The van der Waals surface area contributed by atoms with Crippen LogP contribution in [0.2, 0.25) is 0 Å².